The minimum Gasteiger partial charge on any atom is -0.389 e. The Bertz CT molecular complexity index is 374. The Morgan fingerprint density at radius 2 is 2.20 bits per heavy atom. The highest BCUT2D eigenvalue weighted by Crippen LogP contribution is 2.18. The molecule has 4 heteroatoms. The summed E-state index contributed by atoms with van der Waals surface area (Å²) in [6, 6.07) is 1.99. The highest BCUT2D eigenvalue weighted by molar-refractivity contribution is 7.80. The summed E-state index contributed by atoms with van der Waals surface area (Å²) in [5, 5.41) is 3.25. The molecule has 0 amide bonds. The van der Waals surface area contributed by atoms with Crippen LogP contribution in [-0.2, 0) is 0 Å². The fraction of sp³-hybridized carbons (Fsp3) is 0.455. The van der Waals surface area contributed by atoms with Crippen LogP contribution >= 0.6 is 12.2 Å². The molecule has 0 bridgehead atoms. The molecule has 0 saturated heterocycles. The summed E-state index contributed by atoms with van der Waals surface area (Å²) in [7, 11) is 0. The number of nitrogens with two attached hydrogens (primary N) is 1. The van der Waals surface area contributed by atoms with Crippen molar-refractivity contribution in [2.75, 3.05) is 11.9 Å². The molecular formula is C11H17N3S. The summed E-state index contributed by atoms with van der Waals surface area (Å²) in [5.74, 6) is 0.807. The summed E-state index contributed by atoms with van der Waals surface area (Å²) in [6.07, 6.45) is 1.05. The molecule has 1 rings (SSSR count). The maximum atomic E-state index is 5.69. The molecule has 1 aromatic heterocycles. The van der Waals surface area contributed by atoms with Gasteiger partial charge in [0.1, 0.15) is 10.8 Å². The Labute approximate surface area is 96.1 Å². The second-order valence-corrected chi connectivity index (χ2v) is 4.03. The normalized spacial score (nSPS) is 10.1. The molecule has 0 fully saturated rings. The van der Waals surface area contributed by atoms with Crippen LogP contribution in [0, 0.1) is 13.8 Å². The third-order valence-corrected chi connectivity index (χ3v) is 2.34. The van der Waals surface area contributed by atoms with Gasteiger partial charge in [0.15, 0.2) is 0 Å². The van der Waals surface area contributed by atoms with Crippen LogP contribution in [-0.4, -0.2) is 16.5 Å². The summed E-state index contributed by atoms with van der Waals surface area (Å²) in [6.45, 7) is 6.95. The number of rotatable bonds is 4. The van der Waals surface area contributed by atoms with E-state index >= 15 is 0 Å². The molecule has 0 atom stereocenters. The number of thiocarbonyl (C=S) groups is 1. The molecule has 1 aromatic rings. The predicted octanol–water partition coefficient (Wildman–Crippen LogP) is 2.15. The van der Waals surface area contributed by atoms with Crippen molar-refractivity contribution in [2.24, 2.45) is 5.73 Å². The number of anilines is 1. The molecule has 0 unspecified atom stereocenters. The standard InChI is InChI=1S/C11H17N3S/c1-4-5-13-11-9(10(12)15)7(2)6-8(3)14-11/h6H,4-5H2,1-3H3,(H2,12,15)(H,13,14). The SMILES string of the molecule is CCCNc1nc(C)cc(C)c1C(N)=S. The lowest BCUT2D eigenvalue weighted by Crippen LogP contribution is -2.17. The van der Waals surface area contributed by atoms with Crippen LogP contribution in [0.2, 0.25) is 0 Å². The molecule has 3 nitrogen and oxygen atoms in total. The molecule has 82 valence electrons. The van der Waals surface area contributed by atoms with Gasteiger partial charge in [-0.3, -0.25) is 0 Å². The highest BCUT2D eigenvalue weighted by atomic mass is 32.1. The van der Waals surface area contributed by atoms with E-state index in [1.807, 2.05) is 19.9 Å². The van der Waals surface area contributed by atoms with Crippen molar-refractivity contribution in [1.82, 2.24) is 4.98 Å². The maximum Gasteiger partial charge on any atom is 0.136 e. The first kappa shape index (κ1) is 11.9. The minimum atomic E-state index is 0.401. The van der Waals surface area contributed by atoms with Gasteiger partial charge in [0, 0.05) is 12.2 Å². The molecule has 0 aromatic carbocycles. The van der Waals surface area contributed by atoms with E-state index in [0.717, 1.165) is 35.6 Å². The molecule has 0 radical (unpaired) electrons. The topological polar surface area (TPSA) is 50.9 Å². The summed E-state index contributed by atoms with van der Waals surface area (Å²) < 4.78 is 0. The number of aromatic nitrogens is 1. The van der Waals surface area contributed by atoms with E-state index in [1.54, 1.807) is 0 Å². The zero-order valence-corrected chi connectivity index (χ0v) is 10.2. The largest absolute Gasteiger partial charge is 0.389 e. The van der Waals surface area contributed by atoms with Gasteiger partial charge in [-0.25, -0.2) is 4.98 Å². The Kier molecular flexibility index (Phi) is 4.03. The number of nitrogens with zero attached hydrogens (tertiary/aromatic N) is 1. The molecule has 0 spiro atoms. The molecule has 1 heterocycles. The van der Waals surface area contributed by atoms with Gasteiger partial charge in [-0.2, -0.15) is 0 Å². The van der Waals surface area contributed by atoms with Crippen molar-refractivity contribution in [3.05, 3.63) is 22.9 Å². The van der Waals surface area contributed by atoms with Crippen molar-refractivity contribution >= 4 is 23.0 Å². The number of hydrogen-bond acceptors (Lipinski definition) is 3. The zero-order chi connectivity index (χ0) is 11.4. The van der Waals surface area contributed by atoms with E-state index in [2.05, 4.69) is 17.2 Å². The minimum absolute atomic E-state index is 0.401. The van der Waals surface area contributed by atoms with Crippen LogP contribution in [0.5, 0.6) is 0 Å². The van der Waals surface area contributed by atoms with Crippen LogP contribution in [0.25, 0.3) is 0 Å². The van der Waals surface area contributed by atoms with Gasteiger partial charge in [-0.05, 0) is 31.9 Å². The van der Waals surface area contributed by atoms with Crippen LogP contribution in [0.1, 0.15) is 30.2 Å². The van der Waals surface area contributed by atoms with Gasteiger partial charge >= 0.3 is 0 Å². The van der Waals surface area contributed by atoms with Gasteiger partial charge in [-0.1, -0.05) is 19.1 Å². The smallest absolute Gasteiger partial charge is 0.136 e. The van der Waals surface area contributed by atoms with Crippen molar-refractivity contribution in [3.8, 4) is 0 Å². The van der Waals surface area contributed by atoms with Crippen LogP contribution in [0.3, 0.4) is 0 Å². The van der Waals surface area contributed by atoms with Crippen LogP contribution in [0.4, 0.5) is 5.82 Å². The van der Waals surface area contributed by atoms with E-state index < -0.39 is 0 Å². The van der Waals surface area contributed by atoms with E-state index in [0.29, 0.717) is 4.99 Å². The molecule has 0 aliphatic rings. The first-order chi connectivity index (χ1) is 7.06. The van der Waals surface area contributed by atoms with Gasteiger partial charge < -0.3 is 11.1 Å². The van der Waals surface area contributed by atoms with E-state index in [4.69, 9.17) is 18.0 Å². The third kappa shape index (κ3) is 2.89. The van der Waals surface area contributed by atoms with Crippen LogP contribution in [0.15, 0.2) is 6.07 Å². The van der Waals surface area contributed by atoms with Crippen molar-refractivity contribution in [1.29, 1.82) is 0 Å². The number of nitrogens with one attached hydrogen (secondary N) is 1. The van der Waals surface area contributed by atoms with Crippen LogP contribution < -0.4 is 11.1 Å². The Balaban J connectivity index is 3.14. The zero-order valence-electron chi connectivity index (χ0n) is 9.42. The van der Waals surface area contributed by atoms with Gasteiger partial charge in [0.2, 0.25) is 0 Å². The average molecular weight is 223 g/mol. The summed E-state index contributed by atoms with van der Waals surface area (Å²) in [5.41, 5.74) is 8.61. The fourth-order valence-electron chi connectivity index (χ4n) is 1.52. The van der Waals surface area contributed by atoms with E-state index in [-0.39, 0.29) is 0 Å². The predicted molar refractivity (Wildman–Crippen MR) is 68.4 cm³/mol. The van der Waals surface area contributed by atoms with E-state index in [9.17, 15) is 0 Å². The summed E-state index contributed by atoms with van der Waals surface area (Å²) in [4.78, 5) is 4.82. The van der Waals surface area contributed by atoms with Gasteiger partial charge in [0.25, 0.3) is 0 Å². The van der Waals surface area contributed by atoms with Crippen molar-refractivity contribution in [2.45, 2.75) is 27.2 Å². The number of pyridine rings is 1. The molecule has 0 aliphatic carbocycles. The number of aryl methyl sites for hydroxylation is 2. The molecule has 0 saturated carbocycles. The Hall–Kier alpha value is -1.16. The maximum absolute atomic E-state index is 5.69. The molecular weight excluding hydrogens is 206 g/mol. The summed E-state index contributed by atoms with van der Waals surface area (Å²) >= 11 is 5.03. The quantitative estimate of drug-likeness (QED) is 0.768. The lowest BCUT2D eigenvalue weighted by Gasteiger charge is -2.13. The lowest BCUT2D eigenvalue weighted by molar-refractivity contribution is 0.963. The first-order valence-corrected chi connectivity index (χ1v) is 5.49. The van der Waals surface area contributed by atoms with E-state index in [1.165, 1.54) is 0 Å². The van der Waals surface area contributed by atoms with Crippen molar-refractivity contribution < 1.29 is 0 Å². The van der Waals surface area contributed by atoms with Gasteiger partial charge in [-0.15, -0.1) is 0 Å². The highest BCUT2D eigenvalue weighted by Gasteiger charge is 2.10. The Morgan fingerprint density at radius 1 is 1.53 bits per heavy atom. The second-order valence-electron chi connectivity index (χ2n) is 3.60. The first-order valence-electron chi connectivity index (χ1n) is 5.08. The molecule has 0 aliphatic heterocycles. The monoisotopic (exact) mass is 223 g/mol. The second kappa shape index (κ2) is 5.07. The Morgan fingerprint density at radius 3 is 2.73 bits per heavy atom. The third-order valence-electron chi connectivity index (χ3n) is 2.13. The fourth-order valence-corrected chi connectivity index (χ4v) is 1.78. The molecule has 15 heavy (non-hydrogen) atoms. The van der Waals surface area contributed by atoms with Crippen molar-refractivity contribution in [3.63, 3.8) is 0 Å². The average Bonchev–Trinajstić information content (AvgIpc) is 2.12. The van der Waals surface area contributed by atoms with Gasteiger partial charge in [0.05, 0.1) is 5.56 Å². The molecule has 3 N–H and O–H groups in total. The number of hydrogen-bond donors (Lipinski definition) is 2. The lowest BCUT2D eigenvalue weighted by atomic mass is 10.1.